The highest BCUT2D eigenvalue weighted by atomic mass is 16.6. The average molecular weight is 516 g/mol. The van der Waals surface area contributed by atoms with Crippen molar-refractivity contribution in [3.63, 3.8) is 0 Å². The van der Waals surface area contributed by atoms with Gasteiger partial charge >= 0.3 is 5.69 Å². The van der Waals surface area contributed by atoms with Crippen LogP contribution in [0.15, 0.2) is 72.8 Å². The van der Waals surface area contributed by atoms with Crippen LogP contribution in [0.25, 0.3) is 6.08 Å². The molecule has 3 aromatic rings. The summed E-state index contributed by atoms with van der Waals surface area (Å²) in [5.74, 6) is -0.710. The first-order chi connectivity index (χ1) is 18.2. The van der Waals surface area contributed by atoms with Gasteiger partial charge in [0.25, 0.3) is 11.6 Å². The molecule has 0 aromatic heterocycles. The number of methoxy groups -OCH3 is 1. The lowest BCUT2D eigenvalue weighted by atomic mass is 10.0. The number of nitro groups is 2. The Morgan fingerprint density at radius 3 is 2.39 bits per heavy atom. The summed E-state index contributed by atoms with van der Waals surface area (Å²) in [7, 11) is 1.33. The number of allylic oxidation sites excluding steroid dienone is 1. The van der Waals surface area contributed by atoms with Crippen LogP contribution in [0.4, 0.5) is 17.1 Å². The predicted octanol–water partition coefficient (Wildman–Crippen LogP) is 5.28. The van der Waals surface area contributed by atoms with Gasteiger partial charge in [0, 0.05) is 17.3 Å². The van der Waals surface area contributed by atoms with Crippen molar-refractivity contribution in [2.75, 3.05) is 12.4 Å². The molecule has 12 nitrogen and oxygen atoms in total. The molecule has 3 rings (SSSR count). The molecule has 1 amide bonds. The van der Waals surface area contributed by atoms with Crippen LogP contribution in [0.1, 0.15) is 11.1 Å². The van der Waals surface area contributed by atoms with E-state index in [9.17, 15) is 35.4 Å². The molecule has 0 aliphatic heterocycles. The number of anilines is 1. The van der Waals surface area contributed by atoms with Crippen LogP contribution in [-0.2, 0) is 11.2 Å². The Morgan fingerprint density at radius 2 is 1.82 bits per heavy atom. The molecular formula is C26H20N4O8. The number of phenolic OH excluding ortho intramolecular Hbond substituents is 1. The average Bonchev–Trinajstić information content (AvgIpc) is 2.89. The fourth-order valence-corrected chi connectivity index (χ4v) is 3.36. The lowest BCUT2D eigenvalue weighted by Gasteiger charge is -2.16. The highest BCUT2D eigenvalue weighted by molar-refractivity contribution is 6.09. The van der Waals surface area contributed by atoms with Gasteiger partial charge in [0.15, 0.2) is 11.5 Å². The second-order valence-electron chi connectivity index (χ2n) is 7.64. The van der Waals surface area contributed by atoms with E-state index >= 15 is 0 Å². The summed E-state index contributed by atoms with van der Waals surface area (Å²) in [5.41, 5.74) is -0.113. The van der Waals surface area contributed by atoms with E-state index in [1.807, 2.05) is 6.07 Å². The third-order valence-corrected chi connectivity index (χ3v) is 5.10. The van der Waals surface area contributed by atoms with Crippen LogP contribution >= 0.6 is 0 Å². The summed E-state index contributed by atoms with van der Waals surface area (Å²) in [5, 5.41) is 44.1. The predicted molar refractivity (Wildman–Crippen MR) is 137 cm³/mol. The van der Waals surface area contributed by atoms with Gasteiger partial charge in [-0.3, -0.25) is 25.0 Å². The van der Waals surface area contributed by atoms with Gasteiger partial charge in [0.2, 0.25) is 5.75 Å². The summed E-state index contributed by atoms with van der Waals surface area (Å²) in [6.45, 7) is 3.70. The molecule has 2 N–H and O–H groups in total. The van der Waals surface area contributed by atoms with Crippen LogP contribution in [0, 0.1) is 31.6 Å². The fourth-order valence-electron chi connectivity index (χ4n) is 3.36. The SMILES string of the molecule is C=CCc1cc(/C=C(\C#N)C(=O)Nc2ccc(O)cc2)cc(OC)c1Oc1ccc([N+](=O)[O-])cc1[N+](=O)[O-]. The van der Waals surface area contributed by atoms with Crippen molar-refractivity contribution in [1.82, 2.24) is 0 Å². The van der Waals surface area contributed by atoms with Crippen LogP contribution in [0.5, 0.6) is 23.0 Å². The van der Waals surface area contributed by atoms with Crippen LogP contribution < -0.4 is 14.8 Å². The Balaban J connectivity index is 2.02. The van der Waals surface area contributed by atoms with Gasteiger partial charge in [-0.15, -0.1) is 6.58 Å². The smallest absolute Gasteiger partial charge is 0.318 e. The normalized spacial score (nSPS) is 10.7. The van der Waals surface area contributed by atoms with Crippen molar-refractivity contribution in [2.45, 2.75) is 6.42 Å². The molecule has 0 bridgehead atoms. The van der Waals surface area contributed by atoms with Gasteiger partial charge in [0.1, 0.15) is 17.4 Å². The number of non-ortho nitro benzene ring substituents is 1. The quantitative estimate of drug-likeness (QED) is 0.0905. The molecule has 0 spiro atoms. The molecular weight excluding hydrogens is 496 g/mol. The number of nitro benzene ring substituents is 2. The molecule has 0 unspecified atom stereocenters. The van der Waals surface area contributed by atoms with Gasteiger partial charge in [0.05, 0.1) is 23.0 Å². The zero-order valence-electron chi connectivity index (χ0n) is 19.9. The number of nitrogens with zero attached hydrogens (tertiary/aromatic N) is 3. The minimum Gasteiger partial charge on any atom is -0.508 e. The van der Waals surface area contributed by atoms with Crippen molar-refractivity contribution in [1.29, 1.82) is 5.26 Å². The topological polar surface area (TPSA) is 178 Å². The maximum absolute atomic E-state index is 12.6. The number of hydrogen-bond donors (Lipinski definition) is 2. The molecule has 0 atom stereocenters. The maximum Gasteiger partial charge on any atom is 0.318 e. The number of amides is 1. The number of aromatic hydroxyl groups is 1. The molecule has 0 saturated heterocycles. The molecule has 0 aliphatic rings. The first-order valence-corrected chi connectivity index (χ1v) is 10.8. The van der Waals surface area contributed by atoms with Gasteiger partial charge in [-0.1, -0.05) is 6.08 Å². The first kappa shape index (κ1) is 26.9. The minimum absolute atomic E-state index is 0.0160. The Morgan fingerprint density at radius 1 is 1.11 bits per heavy atom. The Kier molecular flexibility index (Phi) is 8.37. The molecule has 0 fully saturated rings. The summed E-state index contributed by atoms with van der Waals surface area (Å²) in [4.78, 5) is 33.7. The van der Waals surface area contributed by atoms with Crippen LogP contribution in [0.3, 0.4) is 0 Å². The van der Waals surface area contributed by atoms with Gasteiger partial charge in [-0.05, 0) is 60.5 Å². The molecule has 0 saturated carbocycles. The number of carbonyl (C=O) groups excluding carboxylic acids is 1. The number of rotatable bonds is 10. The number of nitrogens with one attached hydrogen (secondary N) is 1. The Labute approximate surface area is 216 Å². The van der Waals surface area contributed by atoms with E-state index in [1.54, 1.807) is 12.1 Å². The van der Waals surface area contributed by atoms with Crippen molar-refractivity contribution in [2.24, 2.45) is 0 Å². The van der Waals surface area contributed by atoms with Crippen LogP contribution in [0.2, 0.25) is 0 Å². The molecule has 192 valence electrons. The number of ether oxygens (including phenoxy) is 2. The monoisotopic (exact) mass is 516 g/mol. The Hall–Kier alpha value is -5.70. The van der Waals surface area contributed by atoms with E-state index in [2.05, 4.69) is 11.9 Å². The number of benzene rings is 3. The van der Waals surface area contributed by atoms with Gasteiger partial charge in [-0.25, -0.2) is 0 Å². The number of hydrogen-bond acceptors (Lipinski definition) is 9. The lowest BCUT2D eigenvalue weighted by molar-refractivity contribution is -0.394. The molecule has 0 radical (unpaired) electrons. The van der Waals surface area contributed by atoms with Gasteiger partial charge < -0.3 is 19.9 Å². The zero-order valence-corrected chi connectivity index (χ0v) is 19.9. The molecule has 3 aromatic carbocycles. The van der Waals surface area contributed by atoms with E-state index in [-0.39, 0.29) is 35.0 Å². The minimum atomic E-state index is -0.801. The third-order valence-electron chi connectivity index (χ3n) is 5.10. The summed E-state index contributed by atoms with van der Waals surface area (Å²) in [6, 6.07) is 13.6. The second-order valence-corrected chi connectivity index (χ2v) is 7.64. The van der Waals surface area contributed by atoms with E-state index in [4.69, 9.17) is 9.47 Å². The van der Waals surface area contributed by atoms with Crippen molar-refractivity contribution in [3.05, 3.63) is 104 Å². The van der Waals surface area contributed by atoms with Crippen molar-refractivity contribution >= 4 is 29.0 Å². The maximum atomic E-state index is 12.6. The highest BCUT2D eigenvalue weighted by Gasteiger charge is 2.24. The molecule has 12 heteroatoms. The van der Waals surface area contributed by atoms with Gasteiger partial charge in [-0.2, -0.15) is 5.26 Å². The summed E-state index contributed by atoms with van der Waals surface area (Å²) < 4.78 is 11.2. The second kappa shape index (κ2) is 11.8. The molecule has 0 heterocycles. The molecule has 0 aliphatic carbocycles. The van der Waals surface area contributed by atoms with E-state index in [0.29, 0.717) is 16.8 Å². The van der Waals surface area contributed by atoms with Crippen molar-refractivity contribution < 1.29 is 29.2 Å². The third kappa shape index (κ3) is 6.29. The summed E-state index contributed by atoms with van der Waals surface area (Å²) in [6.07, 6.45) is 3.08. The largest absolute Gasteiger partial charge is 0.508 e. The highest BCUT2D eigenvalue weighted by Crippen LogP contribution is 2.41. The number of carbonyl (C=O) groups is 1. The standard InChI is InChI=1S/C26H20N4O8/c1-3-4-17-11-16(12-18(15-27)26(32)28-19-5-8-21(31)9-6-19)13-24(37-2)25(17)38-23-10-7-20(29(33)34)14-22(23)30(35)36/h3,5-14,31H,1,4H2,2H3,(H,28,32)/b18-12+. The Bertz CT molecular complexity index is 1490. The van der Waals surface area contributed by atoms with Crippen LogP contribution in [-0.4, -0.2) is 28.0 Å². The van der Waals surface area contributed by atoms with E-state index in [0.717, 1.165) is 18.2 Å². The van der Waals surface area contributed by atoms with Crippen molar-refractivity contribution in [3.8, 4) is 29.1 Å². The van der Waals surface area contributed by atoms with E-state index < -0.39 is 27.1 Å². The lowest BCUT2D eigenvalue weighted by Crippen LogP contribution is -2.13. The molecule has 38 heavy (non-hydrogen) atoms. The summed E-state index contributed by atoms with van der Waals surface area (Å²) >= 11 is 0. The van der Waals surface area contributed by atoms with E-state index in [1.165, 1.54) is 43.5 Å². The zero-order chi connectivity index (χ0) is 27.8. The fraction of sp³-hybridized carbons (Fsp3) is 0.0769. The first-order valence-electron chi connectivity index (χ1n) is 10.8. The number of nitriles is 1. The number of phenols is 1.